The van der Waals surface area contributed by atoms with Crippen LogP contribution in [0.15, 0.2) is 71.3 Å². The molecule has 3 heterocycles. The number of carbonyl (C=O) groups is 1. The summed E-state index contributed by atoms with van der Waals surface area (Å²) in [4.78, 5) is 17.3. The number of fused-ring (bicyclic) bond motifs is 1. The molecular weight excluding hydrogens is 394 g/mol. The van der Waals surface area contributed by atoms with Crippen molar-refractivity contribution in [2.75, 3.05) is 44.4 Å². The average Bonchev–Trinajstić information content (AvgIpc) is 3.52. The molecule has 2 aliphatic rings. The van der Waals surface area contributed by atoms with Crippen LogP contribution in [0.1, 0.15) is 22.2 Å². The van der Waals surface area contributed by atoms with E-state index in [1.165, 1.54) is 12.0 Å². The van der Waals surface area contributed by atoms with Gasteiger partial charge in [0.05, 0.1) is 12.3 Å². The van der Waals surface area contributed by atoms with Gasteiger partial charge >= 0.3 is 0 Å². The molecule has 0 saturated carbocycles. The number of hydrogen-bond donors (Lipinski definition) is 1. The van der Waals surface area contributed by atoms with E-state index in [0.29, 0.717) is 12.3 Å². The molecule has 1 aromatic heterocycles. The summed E-state index contributed by atoms with van der Waals surface area (Å²) < 4.78 is 16.3. The van der Waals surface area contributed by atoms with Crippen molar-refractivity contribution < 1.29 is 18.7 Å². The van der Waals surface area contributed by atoms with E-state index in [2.05, 4.69) is 45.4 Å². The average molecular weight is 419 g/mol. The van der Waals surface area contributed by atoms with Gasteiger partial charge in [0.1, 0.15) is 0 Å². The van der Waals surface area contributed by atoms with Gasteiger partial charge in [0, 0.05) is 38.4 Å². The maximum Gasteiger partial charge on any atom is 0.287 e. The summed E-state index contributed by atoms with van der Waals surface area (Å²) in [5.74, 6) is 1.62. The lowest BCUT2D eigenvalue weighted by atomic mass is 10.0. The lowest BCUT2D eigenvalue weighted by Gasteiger charge is -2.40. The predicted octanol–water partition coefficient (Wildman–Crippen LogP) is 3.30. The van der Waals surface area contributed by atoms with E-state index in [-0.39, 0.29) is 18.7 Å². The summed E-state index contributed by atoms with van der Waals surface area (Å²) in [6.45, 7) is 4.36. The van der Waals surface area contributed by atoms with Gasteiger partial charge in [-0.3, -0.25) is 9.69 Å². The van der Waals surface area contributed by atoms with Crippen LogP contribution in [-0.4, -0.2) is 50.3 Å². The maximum atomic E-state index is 12.5. The van der Waals surface area contributed by atoms with Crippen LogP contribution in [0, 0.1) is 0 Å². The van der Waals surface area contributed by atoms with Crippen molar-refractivity contribution in [2.24, 2.45) is 0 Å². The number of ether oxygens (including phenoxy) is 2. The van der Waals surface area contributed by atoms with Crippen molar-refractivity contribution in [3.63, 3.8) is 0 Å². The fourth-order valence-corrected chi connectivity index (χ4v) is 4.19. The molecule has 3 aromatic rings. The van der Waals surface area contributed by atoms with Gasteiger partial charge in [0.2, 0.25) is 6.79 Å². The van der Waals surface area contributed by atoms with Crippen LogP contribution in [0.4, 0.5) is 5.69 Å². The van der Waals surface area contributed by atoms with E-state index in [0.717, 1.165) is 43.2 Å². The number of rotatable bonds is 6. The Morgan fingerprint density at radius 2 is 1.74 bits per heavy atom. The minimum atomic E-state index is -0.210. The zero-order chi connectivity index (χ0) is 21.0. The smallest absolute Gasteiger partial charge is 0.287 e. The Labute approximate surface area is 181 Å². The Bertz CT molecular complexity index is 1010. The zero-order valence-corrected chi connectivity index (χ0v) is 17.2. The molecule has 0 radical (unpaired) electrons. The molecule has 1 N–H and O–H groups in total. The molecule has 2 aromatic carbocycles. The maximum absolute atomic E-state index is 12.5. The van der Waals surface area contributed by atoms with Crippen LogP contribution in [-0.2, 0) is 0 Å². The van der Waals surface area contributed by atoms with E-state index >= 15 is 0 Å². The second kappa shape index (κ2) is 8.73. The molecule has 160 valence electrons. The number of hydrogen-bond acceptors (Lipinski definition) is 6. The minimum Gasteiger partial charge on any atom is -0.459 e. The third-order valence-electron chi connectivity index (χ3n) is 5.86. The van der Waals surface area contributed by atoms with Crippen LogP contribution in [0.3, 0.4) is 0 Å². The Kier molecular flexibility index (Phi) is 5.50. The monoisotopic (exact) mass is 419 g/mol. The highest BCUT2D eigenvalue weighted by Crippen LogP contribution is 2.35. The first-order chi connectivity index (χ1) is 15.3. The summed E-state index contributed by atoms with van der Waals surface area (Å²) in [5, 5.41) is 3.03. The fraction of sp³-hybridized carbons (Fsp3) is 0.292. The first-order valence-electron chi connectivity index (χ1n) is 10.5. The van der Waals surface area contributed by atoms with Gasteiger partial charge in [-0.25, -0.2) is 0 Å². The van der Waals surface area contributed by atoms with Gasteiger partial charge in [-0.05, 0) is 42.0 Å². The second-order valence-corrected chi connectivity index (χ2v) is 7.67. The molecule has 1 atom stereocenters. The number of nitrogens with one attached hydrogen (secondary N) is 1. The number of nitrogens with zero attached hydrogens (tertiary/aromatic N) is 2. The van der Waals surface area contributed by atoms with E-state index in [1.54, 1.807) is 12.1 Å². The topological polar surface area (TPSA) is 67.2 Å². The van der Waals surface area contributed by atoms with Crippen LogP contribution < -0.4 is 19.7 Å². The number of anilines is 1. The molecule has 1 amide bonds. The number of amides is 1. The number of furan rings is 1. The third-order valence-corrected chi connectivity index (χ3v) is 5.86. The largest absolute Gasteiger partial charge is 0.459 e. The lowest BCUT2D eigenvalue weighted by Crippen LogP contribution is -2.49. The van der Waals surface area contributed by atoms with Gasteiger partial charge in [-0.15, -0.1) is 0 Å². The molecule has 1 saturated heterocycles. The van der Waals surface area contributed by atoms with E-state index in [9.17, 15) is 4.79 Å². The van der Waals surface area contributed by atoms with Crippen molar-refractivity contribution >= 4 is 11.6 Å². The molecule has 31 heavy (non-hydrogen) atoms. The summed E-state index contributed by atoms with van der Waals surface area (Å²) in [6, 6.07) is 19.9. The molecule has 7 heteroatoms. The number of carbonyl (C=O) groups excluding carboxylic acids is 1. The summed E-state index contributed by atoms with van der Waals surface area (Å²) >= 11 is 0. The fourth-order valence-electron chi connectivity index (χ4n) is 4.19. The first kappa shape index (κ1) is 19.5. The highest BCUT2D eigenvalue weighted by molar-refractivity contribution is 5.91. The Balaban J connectivity index is 1.32. The Morgan fingerprint density at radius 1 is 0.935 bits per heavy atom. The predicted molar refractivity (Wildman–Crippen MR) is 117 cm³/mol. The number of para-hydroxylation sites is 1. The van der Waals surface area contributed by atoms with E-state index < -0.39 is 0 Å². The lowest BCUT2D eigenvalue weighted by molar-refractivity contribution is 0.0902. The molecule has 7 nitrogen and oxygen atoms in total. The molecular formula is C24H25N3O4. The summed E-state index contributed by atoms with van der Waals surface area (Å²) in [7, 11) is 0. The Hall–Kier alpha value is -3.45. The molecule has 2 aliphatic heterocycles. The molecule has 0 spiro atoms. The summed E-state index contributed by atoms with van der Waals surface area (Å²) in [6.07, 6.45) is 1.51. The van der Waals surface area contributed by atoms with Crippen molar-refractivity contribution in [3.05, 3.63) is 78.3 Å². The Morgan fingerprint density at radius 3 is 2.52 bits per heavy atom. The standard InChI is InChI=1S/C24H25N3O4/c28-24(22-7-4-14-29-22)25-16-20(18-8-9-21-23(15-18)31-17-30-21)27-12-10-26(11-13-27)19-5-2-1-3-6-19/h1-9,14-15,20H,10-13,16-17H2,(H,25,28)/t20-/m0/s1. The normalized spacial score (nSPS) is 16.8. The first-order valence-corrected chi connectivity index (χ1v) is 10.5. The highest BCUT2D eigenvalue weighted by atomic mass is 16.7. The molecule has 0 unspecified atom stereocenters. The van der Waals surface area contributed by atoms with Crippen LogP contribution >= 0.6 is 0 Å². The van der Waals surface area contributed by atoms with Crippen LogP contribution in [0.2, 0.25) is 0 Å². The molecule has 0 bridgehead atoms. The van der Waals surface area contributed by atoms with Crippen LogP contribution in [0.5, 0.6) is 11.5 Å². The highest BCUT2D eigenvalue weighted by Gasteiger charge is 2.27. The number of piperazine rings is 1. The van der Waals surface area contributed by atoms with E-state index in [4.69, 9.17) is 13.9 Å². The zero-order valence-electron chi connectivity index (χ0n) is 17.2. The quantitative estimate of drug-likeness (QED) is 0.661. The van der Waals surface area contributed by atoms with Gasteiger partial charge < -0.3 is 24.1 Å². The van der Waals surface area contributed by atoms with Gasteiger partial charge in [-0.2, -0.15) is 0 Å². The molecule has 1 fully saturated rings. The van der Waals surface area contributed by atoms with Crippen molar-refractivity contribution in [1.82, 2.24) is 10.2 Å². The molecule has 0 aliphatic carbocycles. The summed E-state index contributed by atoms with van der Waals surface area (Å²) in [5.41, 5.74) is 2.34. The number of benzene rings is 2. The van der Waals surface area contributed by atoms with Crippen molar-refractivity contribution in [2.45, 2.75) is 6.04 Å². The molecule has 5 rings (SSSR count). The van der Waals surface area contributed by atoms with Crippen LogP contribution in [0.25, 0.3) is 0 Å². The van der Waals surface area contributed by atoms with Crippen molar-refractivity contribution in [3.8, 4) is 11.5 Å². The second-order valence-electron chi connectivity index (χ2n) is 7.67. The minimum absolute atomic E-state index is 0.0198. The SMILES string of the molecule is O=C(NC[C@@H](c1ccc2c(c1)OCO2)N1CCN(c2ccccc2)CC1)c1ccco1. The third kappa shape index (κ3) is 4.22. The van der Waals surface area contributed by atoms with Crippen molar-refractivity contribution in [1.29, 1.82) is 0 Å². The van der Waals surface area contributed by atoms with Gasteiger partial charge in [0.25, 0.3) is 5.91 Å². The van der Waals surface area contributed by atoms with E-state index in [1.807, 2.05) is 18.2 Å². The van der Waals surface area contributed by atoms with Gasteiger partial charge in [-0.1, -0.05) is 24.3 Å². The van der Waals surface area contributed by atoms with Gasteiger partial charge in [0.15, 0.2) is 17.3 Å².